The molecule has 0 heterocycles. The molecule has 0 aliphatic carbocycles. The van der Waals surface area contributed by atoms with E-state index in [0.29, 0.717) is 6.61 Å². The second-order valence-corrected chi connectivity index (χ2v) is 6.83. The lowest BCUT2D eigenvalue weighted by molar-refractivity contribution is -0.140. The minimum Gasteiger partial charge on any atom is -0.375 e. The zero-order valence-electron chi connectivity index (χ0n) is 13.4. The van der Waals surface area contributed by atoms with Crippen molar-refractivity contribution in [3.05, 3.63) is 12.7 Å². The van der Waals surface area contributed by atoms with Gasteiger partial charge >= 0.3 is 0 Å². The van der Waals surface area contributed by atoms with Gasteiger partial charge in [-0.1, -0.05) is 13.0 Å². The van der Waals surface area contributed by atoms with Crippen molar-refractivity contribution in [3.8, 4) is 0 Å². The zero-order valence-corrected chi connectivity index (χ0v) is 13.4. The standard InChI is InChI=1S/C16H32O2/c1-9-11-15(5,6)17-13-12-16(7,8)18-14(3,4)10-2/h9H,1,10-13H2,2-8H3. The van der Waals surface area contributed by atoms with Crippen molar-refractivity contribution in [2.75, 3.05) is 6.61 Å². The fraction of sp³-hybridized carbons (Fsp3) is 0.875. The second kappa shape index (κ2) is 6.72. The van der Waals surface area contributed by atoms with Crippen molar-refractivity contribution in [2.24, 2.45) is 0 Å². The highest BCUT2D eigenvalue weighted by Gasteiger charge is 2.28. The summed E-state index contributed by atoms with van der Waals surface area (Å²) in [6.07, 6.45) is 4.69. The molecule has 0 saturated heterocycles. The smallest absolute Gasteiger partial charge is 0.0660 e. The summed E-state index contributed by atoms with van der Waals surface area (Å²) in [7, 11) is 0. The molecule has 0 unspecified atom stereocenters. The van der Waals surface area contributed by atoms with Crippen LogP contribution < -0.4 is 0 Å². The predicted octanol–water partition coefficient (Wildman–Crippen LogP) is 4.73. The van der Waals surface area contributed by atoms with Crippen molar-refractivity contribution in [1.29, 1.82) is 0 Å². The summed E-state index contributed by atoms with van der Waals surface area (Å²) in [5.41, 5.74) is -0.345. The summed E-state index contributed by atoms with van der Waals surface area (Å²) in [6, 6.07) is 0. The van der Waals surface area contributed by atoms with Gasteiger partial charge in [0.25, 0.3) is 0 Å². The molecule has 0 N–H and O–H groups in total. The van der Waals surface area contributed by atoms with Crippen LogP contribution >= 0.6 is 0 Å². The molecule has 2 nitrogen and oxygen atoms in total. The molecule has 0 aliphatic heterocycles. The van der Waals surface area contributed by atoms with Gasteiger partial charge in [0.1, 0.15) is 0 Å². The van der Waals surface area contributed by atoms with E-state index in [9.17, 15) is 0 Å². The molecule has 0 amide bonds. The van der Waals surface area contributed by atoms with Gasteiger partial charge < -0.3 is 9.47 Å². The quantitative estimate of drug-likeness (QED) is 0.555. The Morgan fingerprint density at radius 2 is 1.50 bits per heavy atom. The van der Waals surface area contributed by atoms with Crippen LogP contribution in [-0.2, 0) is 9.47 Å². The van der Waals surface area contributed by atoms with Crippen molar-refractivity contribution >= 4 is 0 Å². The maximum absolute atomic E-state index is 6.15. The highest BCUT2D eigenvalue weighted by Crippen LogP contribution is 2.26. The Morgan fingerprint density at radius 1 is 0.944 bits per heavy atom. The Bertz CT molecular complexity index is 252. The Morgan fingerprint density at radius 3 is 1.94 bits per heavy atom. The lowest BCUT2D eigenvalue weighted by Gasteiger charge is -2.36. The first kappa shape index (κ1) is 17.7. The fourth-order valence-corrected chi connectivity index (χ4v) is 1.85. The van der Waals surface area contributed by atoms with Gasteiger partial charge in [-0.15, -0.1) is 6.58 Å². The third kappa shape index (κ3) is 7.88. The van der Waals surface area contributed by atoms with E-state index in [1.54, 1.807) is 0 Å². The van der Waals surface area contributed by atoms with E-state index >= 15 is 0 Å². The Hall–Kier alpha value is -0.340. The molecule has 0 saturated carbocycles. The third-order valence-electron chi connectivity index (χ3n) is 3.24. The SMILES string of the molecule is C=CCC(C)(C)OCCC(C)(C)OC(C)(C)CC. The van der Waals surface area contributed by atoms with E-state index in [2.05, 4.69) is 55.0 Å². The normalized spacial score (nSPS) is 13.7. The molecular weight excluding hydrogens is 224 g/mol. The van der Waals surface area contributed by atoms with Crippen LogP contribution in [0, 0.1) is 0 Å². The van der Waals surface area contributed by atoms with Gasteiger partial charge in [0.15, 0.2) is 0 Å². The summed E-state index contributed by atoms with van der Waals surface area (Å²) in [5, 5.41) is 0. The van der Waals surface area contributed by atoms with Crippen molar-refractivity contribution in [2.45, 2.75) is 84.5 Å². The molecule has 18 heavy (non-hydrogen) atoms. The molecule has 0 aromatic rings. The lowest BCUT2D eigenvalue weighted by Crippen LogP contribution is -2.38. The predicted molar refractivity (Wildman–Crippen MR) is 79.0 cm³/mol. The molecule has 0 rings (SSSR count). The summed E-state index contributed by atoms with van der Waals surface area (Å²) < 4.78 is 12.1. The molecule has 0 fully saturated rings. The number of rotatable bonds is 9. The average Bonchev–Trinajstić information content (AvgIpc) is 2.14. The van der Waals surface area contributed by atoms with E-state index in [0.717, 1.165) is 19.3 Å². The third-order valence-corrected chi connectivity index (χ3v) is 3.24. The molecule has 0 radical (unpaired) electrons. The molecule has 108 valence electrons. The van der Waals surface area contributed by atoms with Crippen LogP contribution in [0.5, 0.6) is 0 Å². The second-order valence-electron chi connectivity index (χ2n) is 6.83. The maximum atomic E-state index is 6.15. The number of hydrogen-bond acceptors (Lipinski definition) is 2. The fourth-order valence-electron chi connectivity index (χ4n) is 1.85. The molecule has 2 heteroatoms. The van der Waals surface area contributed by atoms with Gasteiger partial charge in [-0.05, 0) is 60.8 Å². The van der Waals surface area contributed by atoms with Crippen molar-refractivity contribution < 1.29 is 9.47 Å². The molecule has 0 aromatic carbocycles. The van der Waals surface area contributed by atoms with Crippen molar-refractivity contribution in [3.63, 3.8) is 0 Å². The van der Waals surface area contributed by atoms with Crippen LogP contribution in [0.25, 0.3) is 0 Å². The first-order valence-corrected chi connectivity index (χ1v) is 6.99. The average molecular weight is 256 g/mol. The van der Waals surface area contributed by atoms with Crippen LogP contribution in [0.4, 0.5) is 0 Å². The molecule has 0 bridgehead atoms. The van der Waals surface area contributed by atoms with E-state index in [1.807, 2.05) is 6.08 Å². The van der Waals surface area contributed by atoms with Gasteiger partial charge in [0.2, 0.25) is 0 Å². The molecule has 0 aromatic heterocycles. The first-order valence-electron chi connectivity index (χ1n) is 6.99. The van der Waals surface area contributed by atoms with Crippen LogP contribution in [0.15, 0.2) is 12.7 Å². The van der Waals surface area contributed by atoms with E-state index in [4.69, 9.17) is 9.47 Å². The molecular formula is C16H32O2. The summed E-state index contributed by atoms with van der Waals surface area (Å²) >= 11 is 0. The van der Waals surface area contributed by atoms with Gasteiger partial charge in [0, 0.05) is 0 Å². The lowest BCUT2D eigenvalue weighted by atomic mass is 10.0. The van der Waals surface area contributed by atoms with E-state index < -0.39 is 0 Å². The highest BCUT2D eigenvalue weighted by atomic mass is 16.5. The van der Waals surface area contributed by atoms with Gasteiger partial charge in [0.05, 0.1) is 23.4 Å². The number of ether oxygens (including phenoxy) is 2. The van der Waals surface area contributed by atoms with Gasteiger partial charge in [-0.25, -0.2) is 0 Å². The maximum Gasteiger partial charge on any atom is 0.0660 e. The topological polar surface area (TPSA) is 18.5 Å². The van der Waals surface area contributed by atoms with Crippen LogP contribution in [0.3, 0.4) is 0 Å². The van der Waals surface area contributed by atoms with Gasteiger partial charge in [-0.3, -0.25) is 0 Å². The van der Waals surface area contributed by atoms with Crippen LogP contribution in [0.1, 0.15) is 67.7 Å². The molecule has 0 atom stereocenters. The summed E-state index contributed by atoms with van der Waals surface area (Å²) in [4.78, 5) is 0. The molecule has 0 aliphatic rings. The van der Waals surface area contributed by atoms with Crippen LogP contribution in [-0.4, -0.2) is 23.4 Å². The summed E-state index contributed by atoms with van der Waals surface area (Å²) in [6.45, 7) is 19.4. The van der Waals surface area contributed by atoms with Crippen LogP contribution in [0.2, 0.25) is 0 Å². The minimum atomic E-state index is -0.149. The zero-order chi connectivity index (χ0) is 14.4. The van der Waals surface area contributed by atoms with E-state index in [-0.39, 0.29) is 16.8 Å². The van der Waals surface area contributed by atoms with Crippen molar-refractivity contribution in [1.82, 2.24) is 0 Å². The van der Waals surface area contributed by atoms with Gasteiger partial charge in [-0.2, -0.15) is 0 Å². The monoisotopic (exact) mass is 256 g/mol. The minimum absolute atomic E-state index is 0.0693. The largest absolute Gasteiger partial charge is 0.375 e. The van der Waals surface area contributed by atoms with E-state index in [1.165, 1.54) is 0 Å². The molecule has 0 spiro atoms. The first-order chi connectivity index (χ1) is 8.04. The highest BCUT2D eigenvalue weighted by molar-refractivity contribution is 4.81. The Labute approximate surface area is 114 Å². The Balaban J connectivity index is 4.16. The summed E-state index contributed by atoms with van der Waals surface area (Å²) in [5.74, 6) is 0. The Kier molecular flexibility index (Phi) is 6.59. The number of hydrogen-bond donors (Lipinski definition) is 0.